The average molecular weight is 503 g/mol. The maximum atomic E-state index is 12.5. The first kappa shape index (κ1) is 25.7. The fraction of sp³-hybridized carbons (Fsp3) is 0.562. The first-order valence-electron chi connectivity index (χ1n) is 9.96. The number of rotatable bonds is 10. The van der Waals surface area contributed by atoms with Gasteiger partial charge in [0.1, 0.15) is 30.1 Å². The van der Waals surface area contributed by atoms with Gasteiger partial charge in [0, 0.05) is 6.54 Å². The molecular formula is C16H26N9O8P. The number of fused-ring (bicyclic) bond motifs is 1. The van der Waals surface area contributed by atoms with Gasteiger partial charge in [0.2, 0.25) is 0 Å². The number of aliphatic hydroxyl groups is 1. The van der Waals surface area contributed by atoms with Crippen molar-refractivity contribution in [2.45, 2.75) is 43.4 Å². The Morgan fingerprint density at radius 3 is 2.74 bits per heavy atom. The molecule has 0 spiro atoms. The van der Waals surface area contributed by atoms with Gasteiger partial charge in [-0.3, -0.25) is 18.9 Å². The number of aliphatic hydroxyl groups excluding tert-OH is 1. The van der Waals surface area contributed by atoms with E-state index in [1.165, 1.54) is 17.2 Å². The van der Waals surface area contributed by atoms with Gasteiger partial charge in [0.05, 0.1) is 12.9 Å². The number of nitrogens with two attached hydrogens (primary N) is 4. The number of aliphatic imine (C=N–C) groups is 1. The number of phosphoric acid groups is 1. The number of guanidine groups is 1. The molecule has 188 valence electrons. The number of hydrogen-bond donors (Lipinski definition) is 7. The smallest absolute Gasteiger partial charge is 0.455 e. The number of imidazole rings is 1. The van der Waals surface area contributed by atoms with E-state index in [0.717, 1.165) is 0 Å². The first-order chi connectivity index (χ1) is 16.0. The maximum Gasteiger partial charge on any atom is 0.469 e. The van der Waals surface area contributed by atoms with Gasteiger partial charge in [-0.1, -0.05) is 0 Å². The van der Waals surface area contributed by atoms with Crippen LogP contribution >= 0.6 is 7.82 Å². The van der Waals surface area contributed by atoms with Crippen LogP contribution in [-0.2, 0) is 23.4 Å². The molecule has 0 aliphatic carbocycles. The summed E-state index contributed by atoms with van der Waals surface area (Å²) in [6.07, 6.45) is -2.33. The van der Waals surface area contributed by atoms with Crippen molar-refractivity contribution in [3.05, 3.63) is 12.7 Å². The number of nitrogen functional groups attached to an aromatic ring is 1. The molecule has 0 aromatic carbocycles. The molecule has 5 atom stereocenters. The van der Waals surface area contributed by atoms with Gasteiger partial charge >= 0.3 is 13.8 Å². The van der Waals surface area contributed by atoms with Gasteiger partial charge < -0.3 is 47.3 Å². The lowest BCUT2D eigenvalue weighted by molar-refractivity contribution is -0.158. The number of nitrogens with zero attached hydrogens (tertiary/aromatic N) is 5. The second kappa shape index (κ2) is 10.6. The van der Waals surface area contributed by atoms with Gasteiger partial charge in [0.25, 0.3) is 0 Å². The molecule has 0 radical (unpaired) electrons. The number of phosphoric ester groups is 1. The van der Waals surface area contributed by atoms with E-state index >= 15 is 0 Å². The summed E-state index contributed by atoms with van der Waals surface area (Å²) in [5.74, 6) is -0.881. The molecule has 0 saturated carbocycles. The number of hydrogen-bond acceptors (Lipinski definition) is 12. The Balaban J connectivity index is 1.77. The molecule has 3 heterocycles. The summed E-state index contributed by atoms with van der Waals surface area (Å²) in [4.78, 5) is 46.4. The van der Waals surface area contributed by atoms with Crippen molar-refractivity contribution in [2.75, 3.05) is 18.9 Å². The molecule has 0 amide bonds. The molecule has 11 N–H and O–H groups in total. The summed E-state index contributed by atoms with van der Waals surface area (Å²) in [5.41, 5.74) is 22.6. The van der Waals surface area contributed by atoms with Crippen LogP contribution in [0.2, 0.25) is 0 Å². The number of carbonyl (C=O) groups excluding carboxylic acids is 1. The molecular weight excluding hydrogens is 477 g/mol. The third-order valence-electron chi connectivity index (χ3n) is 4.90. The normalized spacial score (nSPS) is 23.6. The number of carbonyl (C=O) groups is 1. The molecule has 0 unspecified atom stereocenters. The highest BCUT2D eigenvalue weighted by molar-refractivity contribution is 7.46. The number of aromatic nitrogens is 4. The van der Waals surface area contributed by atoms with E-state index in [1.54, 1.807) is 0 Å². The van der Waals surface area contributed by atoms with Gasteiger partial charge in [0.15, 0.2) is 29.8 Å². The second-order valence-electron chi connectivity index (χ2n) is 7.38. The summed E-state index contributed by atoms with van der Waals surface area (Å²) >= 11 is 0. The summed E-state index contributed by atoms with van der Waals surface area (Å²) < 4.78 is 28.1. The van der Waals surface area contributed by atoms with Gasteiger partial charge in [-0.25, -0.2) is 19.5 Å². The van der Waals surface area contributed by atoms with Crippen LogP contribution in [-0.4, -0.2) is 83.8 Å². The van der Waals surface area contributed by atoms with Crippen molar-refractivity contribution in [3.63, 3.8) is 0 Å². The SMILES string of the molecule is NC(N)=NCCC[C@H](N)C(=O)O[C@H]1[C@@H](O)[C@H](n2cnc3c(N)ncnc32)O[C@@H]1COP(=O)(O)O. The standard InChI is InChI=1S/C16H26N9O8P/c17-7(2-1-3-21-16(19)20)15(27)33-11-8(4-31-34(28,29)30)32-14(10(11)26)25-6-24-9-12(18)22-5-23-13(9)25/h5-8,10-11,14,26H,1-4,17H2,(H2,18,22,23)(H4,19,20,21)(H2,28,29,30)/t7-,8+,10+,11+,14+/m0/s1. The molecule has 1 saturated heterocycles. The Morgan fingerprint density at radius 1 is 1.32 bits per heavy atom. The quantitative estimate of drug-likeness (QED) is 0.0561. The van der Waals surface area contributed by atoms with Crippen LogP contribution in [0, 0.1) is 0 Å². The highest BCUT2D eigenvalue weighted by Crippen LogP contribution is 2.39. The second-order valence-corrected chi connectivity index (χ2v) is 8.62. The number of esters is 1. The minimum absolute atomic E-state index is 0.0901. The Hall–Kier alpha value is -2.92. The van der Waals surface area contributed by atoms with Crippen molar-refractivity contribution >= 4 is 36.7 Å². The maximum absolute atomic E-state index is 12.5. The number of ether oxygens (including phenoxy) is 2. The van der Waals surface area contributed by atoms with E-state index in [-0.39, 0.29) is 35.9 Å². The van der Waals surface area contributed by atoms with Gasteiger partial charge in [-0.15, -0.1) is 0 Å². The Kier molecular flexibility index (Phi) is 7.98. The lowest BCUT2D eigenvalue weighted by atomic mass is 10.1. The van der Waals surface area contributed by atoms with E-state index in [9.17, 15) is 14.5 Å². The Labute approximate surface area is 192 Å². The minimum Gasteiger partial charge on any atom is -0.455 e. The van der Waals surface area contributed by atoms with E-state index in [2.05, 4.69) is 24.5 Å². The fourth-order valence-corrected chi connectivity index (χ4v) is 3.66. The fourth-order valence-electron chi connectivity index (χ4n) is 3.31. The molecule has 2 aromatic heterocycles. The lowest BCUT2D eigenvalue weighted by Gasteiger charge is -2.22. The molecule has 2 aromatic rings. The highest BCUT2D eigenvalue weighted by atomic mass is 31.2. The zero-order chi connectivity index (χ0) is 25.0. The van der Waals surface area contributed by atoms with E-state index < -0.39 is 51.0 Å². The third kappa shape index (κ3) is 6.15. The van der Waals surface area contributed by atoms with Crippen LogP contribution in [0.15, 0.2) is 17.6 Å². The van der Waals surface area contributed by atoms with Crippen molar-refractivity contribution in [1.82, 2.24) is 19.5 Å². The molecule has 17 nitrogen and oxygen atoms in total. The molecule has 34 heavy (non-hydrogen) atoms. The molecule has 0 bridgehead atoms. The summed E-state index contributed by atoms with van der Waals surface area (Å²) in [6, 6.07) is -1.08. The van der Waals surface area contributed by atoms with Crippen molar-refractivity contribution in [3.8, 4) is 0 Å². The third-order valence-corrected chi connectivity index (χ3v) is 5.39. The lowest BCUT2D eigenvalue weighted by Crippen LogP contribution is -2.43. The highest BCUT2D eigenvalue weighted by Gasteiger charge is 2.48. The van der Waals surface area contributed by atoms with Gasteiger partial charge in [-0.05, 0) is 12.8 Å². The van der Waals surface area contributed by atoms with Crippen LogP contribution in [0.25, 0.3) is 11.2 Å². The zero-order valence-corrected chi connectivity index (χ0v) is 18.6. The van der Waals surface area contributed by atoms with Crippen LogP contribution in [0.3, 0.4) is 0 Å². The van der Waals surface area contributed by atoms with Crippen LogP contribution in [0.5, 0.6) is 0 Å². The summed E-state index contributed by atoms with van der Waals surface area (Å²) in [7, 11) is -4.89. The molecule has 1 aliphatic heterocycles. The summed E-state index contributed by atoms with van der Waals surface area (Å²) in [6.45, 7) is -0.447. The van der Waals surface area contributed by atoms with E-state index in [4.69, 9.17) is 42.2 Å². The molecule has 18 heteroatoms. The van der Waals surface area contributed by atoms with E-state index in [0.29, 0.717) is 6.42 Å². The van der Waals surface area contributed by atoms with Crippen LogP contribution in [0.4, 0.5) is 5.82 Å². The zero-order valence-electron chi connectivity index (χ0n) is 17.7. The Bertz CT molecular complexity index is 1090. The van der Waals surface area contributed by atoms with Crippen molar-refractivity contribution < 1.29 is 38.3 Å². The Morgan fingerprint density at radius 2 is 2.06 bits per heavy atom. The average Bonchev–Trinajstić information content (AvgIpc) is 3.31. The molecule has 3 rings (SSSR count). The van der Waals surface area contributed by atoms with Crippen molar-refractivity contribution in [2.24, 2.45) is 22.2 Å². The first-order valence-corrected chi connectivity index (χ1v) is 11.5. The van der Waals surface area contributed by atoms with Crippen LogP contribution in [0.1, 0.15) is 19.1 Å². The number of anilines is 1. The minimum atomic E-state index is -4.89. The predicted molar refractivity (Wildman–Crippen MR) is 115 cm³/mol. The molecule has 1 aliphatic rings. The largest absolute Gasteiger partial charge is 0.469 e. The topological polar surface area (TPSA) is 283 Å². The van der Waals surface area contributed by atoms with E-state index in [1.807, 2.05) is 0 Å². The molecule has 1 fully saturated rings. The van der Waals surface area contributed by atoms with Crippen LogP contribution < -0.4 is 22.9 Å². The monoisotopic (exact) mass is 503 g/mol. The summed E-state index contributed by atoms with van der Waals surface area (Å²) in [5, 5.41) is 10.9. The predicted octanol–water partition coefficient (Wildman–Crippen LogP) is -2.93. The van der Waals surface area contributed by atoms with Crippen molar-refractivity contribution in [1.29, 1.82) is 0 Å². The van der Waals surface area contributed by atoms with Gasteiger partial charge in [-0.2, -0.15) is 0 Å².